The van der Waals surface area contributed by atoms with Gasteiger partial charge >= 0.3 is 0 Å². The molecule has 1 aromatic rings. The van der Waals surface area contributed by atoms with Crippen molar-refractivity contribution in [2.75, 3.05) is 40.3 Å². The summed E-state index contributed by atoms with van der Waals surface area (Å²) in [5.41, 5.74) is 8.30. The van der Waals surface area contributed by atoms with Crippen LogP contribution in [0.1, 0.15) is 24.5 Å². The number of nitrogens with zero attached hydrogens (tertiary/aromatic N) is 2. The molecular weight excluding hydrogens is 234 g/mol. The van der Waals surface area contributed by atoms with Crippen molar-refractivity contribution in [2.45, 2.75) is 26.3 Å². The zero-order chi connectivity index (χ0) is 14.1. The van der Waals surface area contributed by atoms with Gasteiger partial charge in [-0.15, -0.1) is 0 Å². The maximum atomic E-state index is 5.57. The van der Waals surface area contributed by atoms with Crippen LogP contribution in [0.3, 0.4) is 0 Å². The van der Waals surface area contributed by atoms with Gasteiger partial charge in [-0.2, -0.15) is 0 Å². The fraction of sp³-hybridized carbons (Fsp3) is 0.625. The highest BCUT2D eigenvalue weighted by atomic mass is 15.1. The van der Waals surface area contributed by atoms with Gasteiger partial charge in [0.15, 0.2) is 0 Å². The van der Waals surface area contributed by atoms with E-state index in [-0.39, 0.29) is 0 Å². The number of benzene rings is 1. The molecule has 1 aromatic carbocycles. The van der Waals surface area contributed by atoms with Crippen LogP contribution in [0.15, 0.2) is 24.3 Å². The molecule has 0 aliphatic rings. The van der Waals surface area contributed by atoms with Crippen LogP contribution in [-0.2, 0) is 13.0 Å². The third-order valence-electron chi connectivity index (χ3n) is 3.39. The second kappa shape index (κ2) is 9.08. The standard InChI is InChI=1S/C16H29N3/c1-4-19(13-5-12-18(2)3)14-16-8-6-15(7-9-16)10-11-17/h6-9H,4-5,10-14,17H2,1-3H3. The first-order valence-corrected chi connectivity index (χ1v) is 7.30. The third-order valence-corrected chi connectivity index (χ3v) is 3.39. The second-order valence-electron chi connectivity index (χ2n) is 5.38. The molecule has 0 fully saturated rings. The minimum absolute atomic E-state index is 0.727. The summed E-state index contributed by atoms with van der Waals surface area (Å²) in [6.07, 6.45) is 2.20. The molecular formula is C16H29N3. The summed E-state index contributed by atoms with van der Waals surface area (Å²) in [7, 11) is 4.26. The first-order valence-electron chi connectivity index (χ1n) is 7.30. The second-order valence-corrected chi connectivity index (χ2v) is 5.38. The lowest BCUT2D eigenvalue weighted by molar-refractivity contribution is 0.259. The van der Waals surface area contributed by atoms with Gasteiger partial charge in [-0.25, -0.2) is 0 Å². The minimum Gasteiger partial charge on any atom is -0.330 e. The quantitative estimate of drug-likeness (QED) is 0.739. The molecule has 0 unspecified atom stereocenters. The summed E-state index contributed by atoms with van der Waals surface area (Å²) in [6, 6.07) is 8.88. The molecule has 0 atom stereocenters. The van der Waals surface area contributed by atoms with Crippen molar-refractivity contribution in [2.24, 2.45) is 5.73 Å². The molecule has 19 heavy (non-hydrogen) atoms. The predicted octanol–water partition coefficient (Wildman–Crippen LogP) is 1.96. The van der Waals surface area contributed by atoms with Gasteiger partial charge in [0.25, 0.3) is 0 Å². The Balaban J connectivity index is 2.41. The molecule has 108 valence electrons. The molecule has 0 radical (unpaired) electrons. The highest BCUT2D eigenvalue weighted by Gasteiger charge is 2.04. The topological polar surface area (TPSA) is 32.5 Å². The fourth-order valence-corrected chi connectivity index (χ4v) is 2.20. The fourth-order valence-electron chi connectivity index (χ4n) is 2.20. The Bertz CT molecular complexity index is 332. The van der Waals surface area contributed by atoms with Gasteiger partial charge in [0.05, 0.1) is 0 Å². The molecule has 3 heteroatoms. The molecule has 0 bridgehead atoms. The van der Waals surface area contributed by atoms with Crippen LogP contribution in [0, 0.1) is 0 Å². The highest BCUT2D eigenvalue weighted by Crippen LogP contribution is 2.08. The van der Waals surface area contributed by atoms with Crippen LogP contribution >= 0.6 is 0 Å². The van der Waals surface area contributed by atoms with Crippen LogP contribution in [-0.4, -0.2) is 50.1 Å². The highest BCUT2D eigenvalue weighted by molar-refractivity contribution is 5.22. The summed E-state index contributed by atoms with van der Waals surface area (Å²) in [5, 5.41) is 0. The van der Waals surface area contributed by atoms with Crippen molar-refractivity contribution in [3.63, 3.8) is 0 Å². The van der Waals surface area contributed by atoms with Crippen LogP contribution < -0.4 is 5.73 Å². The van der Waals surface area contributed by atoms with Gasteiger partial charge in [-0.3, -0.25) is 4.90 Å². The third kappa shape index (κ3) is 6.71. The van der Waals surface area contributed by atoms with Crippen molar-refractivity contribution in [1.82, 2.24) is 9.80 Å². The zero-order valence-electron chi connectivity index (χ0n) is 12.7. The van der Waals surface area contributed by atoms with Gasteiger partial charge in [0.1, 0.15) is 0 Å². The van der Waals surface area contributed by atoms with Gasteiger partial charge in [-0.1, -0.05) is 31.2 Å². The Morgan fingerprint density at radius 2 is 1.63 bits per heavy atom. The van der Waals surface area contributed by atoms with Gasteiger partial charge < -0.3 is 10.6 Å². The molecule has 2 N–H and O–H groups in total. The largest absolute Gasteiger partial charge is 0.330 e. The average molecular weight is 263 g/mol. The number of hydrogen-bond donors (Lipinski definition) is 1. The van der Waals surface area contributed by atoms with E-state index in [2.05, 4.69) is 55.1 Å². The number of rotatable bonds is 9. The van der Waals surface area contributed by atoms with Crippen molar-refractivity contribution >= 4 is 0 Å². The summed E-state index contributed by atoms with van der Waals surface area (Å²) in [4.78, 5) is 4.75. The van der Waals surface area contributed by atoms with Crippen molar-refractivity contribution in [1.29, 1.82) is 0 Å². The Hall–Kier alpha value is -0.900. The Kier molecular flexibility index (Phi) is 7.72. The average Bonchev–Trinajstić information content (AvgIpc) is 2.39. The van der Waals surface area contributed by atoms with Crippen LogP contribution in [0.25, 0.3) is 0 Å². The SMILES string of the molecule is CCN(CCCN(C)C)Cc1ccc(CCN)cc1. The van der Waals surface area contributed by atoms with Crippen LogP contribution in [0.2, 0.25) is 0 Å². The molecule has 1 rings (SSSR count). The van der Waals surface area contributed by atoms with E-state index >= 15 is 0 Å². The van der Waals surface area contributed by atoms with E-state index < -0.39 is 0 Å². The molecule has 0 amide bonds. The van der Waals surface area contributed by atoms with Gasteiger partial charge in [0.2, 0.25) is 0 Å². The molecule has 0 aliphatic carbocycles. The van der Waals surface area contributed by atoms with E-state index in [4.69, 9.17) is 5.73 Å². The predicted molar refractivity (Wildman–Crippen MR) is 83.3 cm³/mol. The van der Waals surface area contributed by atoms with E-state index in [1.807, 2.05) is 0 Å². The van der Waals surface area contributed by atoms with Gasteiger partial charge in [0, 0.05) is 6.54 Å². The lowest BCUT2D eigenvalue weighted by Crippen LogP contribution is -2.26. The molecule has 0 aromatic heterocycles. The lowest BCUT2D eigenvalue weighted by Gasteiger charge is -2.21. The van der Waals surface area contributed by atoms with Gasteiger partial charge in [-0.05, 0) is 64.2 Å². The summed E-state index contributed by atoms with van der Waals surface area (Å²) in [6.45, 7) is 7.44. The molecule has 0 saturated heterocycles. The summed E-state index contributed by atoms with van der Waals surface area (Å²) < 4.78 is 0. The van der Waals surface area contributed by atoms with Crippen LogP contribution in [0.4, 0.5) is 0 Å². The van der Waals surface area contributed by atoms with E-state index in [1.165, 1.54) is 24.1 Å². The molecule has 3 nitrogen and oxygen atoms in total. The van der Waals surface area contributed by atoms with Crippen molar-refractivity contribution in [3.05, 3.63) is 35.4 Å². The zero-order valence-corrected chi connectivity index (χ0v) is 12.7. The maximum Gasteiger partial charge on any atom is 0.0233 e. The van der Waals surface area contributed by atoms with Crippen LogP contribution in [0.5, 0.6) is 0 Å². The van der Waals surface area contributed by atoms with E-state index in [0.717, 1.165) is 32.6 Å². The first kappa shape index (κ1) is 16.2. The monoisotopic (exact) mass is 263 g/mol. The normalized spacial score (nSPS) is 11.5. The summed E-state index contributed by atoms with van der Waals surface area (Å²) >= 11 is 0. The van der Waals surface area contributed by atoms with E-state index in [9.17, 15) is 0 Å². The van der Waals surface area contributed by atoms with Crippen molar-refractivity contribution < 1.29 is 0 Å². The smallest absolute Gasteiger partial charge is 0.0233 e. The van der Waals surface area contributed by atoms with E-state index in [1.54, 1.807) is 0 Å². The number of hydrogen-bond acceptors (Lipinski definition) is 3. The molecule has 0 aliphatic heterocycles. The Morgan fingerprint density at radius 1 is 1.00 bits per heavy atom. The van der Waals surface area contributed by atoms with Crippen molar-refractivity contribution in [3.8, 4) is 0 Å². The maximum absolute atomic E-state index is 5.57. The minimum atomic E-state index is 0.727. The first-order chi connectivity index (χ1) is 9.15. The Morgan fingerprint density at radius 3 is 2.16 bits per heavy atom. The summed E-state index contributed by atoms with van der Waals surface area (Å²) in [5.74, 6) is 0. The molecule has 0 spiro atoms. The molecule has 0 heterocycles. The number of nitrogens with two attached hydrogens (primary N) is 1. The van der Waals surface area contributed by atoms with E-state index in [0.29, 0.717) is 0 Å². The molecule has 0 saturated carbocycles. The lowest BCUT2D eigenvalue weighted by atomic mass is 10.1. The Labute approximate surface area is 118 Å².